The van der Waals surface area contributed by atoms with Gasteiger partial charge in [-0.2, -0.15) is 23.8 Å². The molecular formula is C8H12NO-. The van der Waals surface area contributed by atoms with Crippen LogP contribution in [0.4, 0.5) is 0 Å². The van der Waals surface area contributed by atoms with Crippen LogP contribution >= 0.6 is 0 Å². The SMILES string of the molecule is OCCNCc1cc[cH-]c1. The highest BCUT2D eigenvalue weighted by Gasteiger charge is 1.81. The lowest BCUT2D eigenvalue weighted by Gasteiger charge is -2.03. The van der Waals surface area contributed by atoms with Crippen LogP contribution in [0.15, 0.2) is 24.3 Å². The zero-order valence-electron chi connectivity index (χ0n) is 5.88. The molecular weight excluding hydrogens is 126 g/mol. The van der Waals surface area contributed by atoms with E-state index in [-0.39, 0.29) is 6.61 Å². The quantitative estimate of drug-likeness (QED) is 0.468. The zero-order valence-corrected chi connectivity index (χ0v) is 5.88. The van der Waals surface area contributed by atoms with Crippen molar-refractivity contribution in [3.05, 3.63) is 29.8 Å². The molecule has 56 valence electrons. The molecule has 0 aliphatic heterocycles. The van der Waals surface area contributed by atoms with Gasteiger partial charge in [-0.1, -0.05) is 0 Å². The van der Waals surface area contributed by atoms with Crippen molar-refractivity contribution in [1.29, 1.82) is 0 Å². The predicted molar refractivity (Wildman–Crippen MR) is 40.8 cm³/mol. The second-order valence-corrected chi connectivity index (χ2v) is 2.19. The molecule has 2 nitrogen and oxygen atoms in total. The largest absolute Gasteiger partial charge is 0.395 e. The molecule has 1 rings (SSSR count). The summed E-state index contributed by atoms with van der Waals surface area (Å²) in [7, 11) is 0. The lowest BCUT2D eigenvalue weighted by molar-refractivity contribution is 0.292. The van der Waals surface area contributed by atoms with Gasteiger partial charge in [-0.15, -0.1) is 0 Å². The molecule has 1 aromatic rings. The van der Waals surface area contributed by atoms with Crippen LogP contribution in [0.3, 0.4) is 0 Å². The second kappa shape index (κ2) is 4.14. The molecule has 0 saturated carbocycles. The monoisotopic (exact) mass is 138 g/mol. The zero-order chi connectivity index (χ0) is 7.23. The number of rotatable bonds is 4. The smallest absolute Gasteiger partial charge is 0.0555 e. The highest BCUT2D eigenvalue weighted by atomic mass is 16.3. The van der Waals surface area contributed by atoms with E-state index in [0.717, 1.165) is 6.54 Å². The summed E-state index contributed by atoms with van der Waals surface area (Å²) in [5.74, 6) is 0. The number of aliphatic hydroxyl groups is 1. The molecule has 0 unspecified atom stereocenters. The van der Waals surface area contributed by atoms with Crippen LogP contribution in [0.2, 0.25) is 0 Å². The van der Waals surface area contributed by atoms with Crippen molar-refractivity contribution in [2.24, 2.45) is 0 Å². The van der Waals surface area contributed by atoms with Crippen LogP contribution in [-0.2, 0) is 6.54 Å². The second-order valence-electron chi connectivity index (χ2n) is 2.19. The van der Waals surface area contributed by atoms with Crippen LogP contribution in [-0.4, -0.2) is 18.3 Å². The molecule has 0 amide bonds. The van der Waals surface area contributed by atoms with Crippen LogP contribution < -0.4 is 5.32 Å². The molecule has 2 heteroatoms. The van der Waals surface area contributed by atoms with Crippen LogP contribution in [0.1, 0.15) is 5.56 Å². The molecule has 0 spiro atoms. The molecule has 1 aromatic carbocycles. The molecule has 0 heterocycles. The summed E-state index contributed by atoms with van der Waals surface area (Å²) >= 11 is 0. The van der Waals surface area contributed by atoms with Gasteiger partial charge in [0.1, 0.15) is 0 Å². The average molecular weight is 138 g/mol. The molecule has 0 radical (unpaired) electrons. The predicted octanol–water partition coefficient (Wildman–Crippen LogP) is 0.487. The molecule has 0 bridgehead atoms. The Labute approximate surface area is 60.9 Å². The van der Waals surface area contributed by atoms with Gasteiger partial charge in [-0.05, 0) is 6.54 Å². The van der Waals surface area contributed by atoms with Crippen molar-refractivity contribution in [3.63, 3.8) is 0 Å². The third-order valence-corrected chi connectivity index (χ3v) is 1.35. The van der Waals surface area contributed by atoms with Crippen molar-refractivity contribution in [2.75, 3.05) is 13.2 Å². The third-order valence-electron chi connectivity index (χ3n) is 1.35. The van der Waals surface area contributed by atoms with Gasteiger partial charge in [0, 0.05) is 6.54 Å². The first-order chi connectivity index (χ1) is 4.93. The summed E-state index contributed by atoms with van der Waals surface area (Å²) in [6.07, 6.45) is 0. The molecule has 0 aliphatic rings. The van der Waals surface area contributed by atoms with E-state index >= 15 is 0 Å². The molecule has 0 aromatic heterocycles. The summed E-state index contributed by atoms with van der Waals surface area (Å²) in [5, 5.41) is 11.5. The minimum Gasteiger partial charge on any atom is -0.395 e. The van der Waals surface area contributed by atoms with Crippen LogP contribution in [0, 0.1) is 0 Å². The van der Waals surface area contributed by atoms with Gasteiger partial charge in [-0.3, -0.25) is 0 Å². The van der Waals surface area contributed by atoms with E-state index in [1.54, 1.807) is 0 Å². The van der Waals surface area contributed by atoms with E-state index in [9.17, 15) is 0 Å². The van der Waals surface area contributed by atoms with Gasteiger partial charge in [0.15, 0.2) is 0 Å². The van der Waals surface area contributed by atoms with Crippen LogP contribution in [0.5, 0.6) is 0 Å². The van der Waals surface area contributed by atoms with E-state index in [0.29, 0.717) is 6.54 Å². The molecule has 0 atom stereocenters. The van der Waals surface area contributed by atoms with Gasteiger partial charge in [0.2, 0.25) is 0 Å². The molecule has 0 aliphatic carbocycles. The van der Waals surface area contributed by atoms with Gasteiger partial charge in [0.25, 0.3) is 0 Å². The third kappa shape index (κ3) is 2.25. The standard InChI is InChI=1S/C8H12NO/c10-6-5-9-7-8-3-1-2-4-8/h1-4,9-10H,5-7H2/q-1. The Morgan fingerprint density at radius 1 is 1.60 bits per heavy atom. The first-order valence-corrected chi connectivity index (χ1v) is 3.45. The normalized spacial score (nSPS) is 10.1. The van der Waals surface area contributed by atoms with Gasteiger partial charge in [-0.25, -0.2) is 6.07 Å². The average Bonchev–Trinajstić information content (AvgIpc) is 2.41. The maximum absolute atomic E-state index is 8.43. The van der Waals surface area contributed by atoms with E-state index < -0.39 is 0 Å². The number of hydrogen-bond acceptors (Lipinski definition) is 2. The Bertz CT molecular complexity index is 158. The van der Waals surface area contributed by atoms with Gasteiger partial charge < -0.3 is 10.4 Å². The lowest BCUT2D eigenvalue weighted by Crippen LogP contribution is -2.16. The molecule has 0 saturated heterocycles. The summed E-state index contributed by atoms with van der Waals surface area (Å²) < 4.78 is 0. The summed E-state index contributed by atoms with van der Waals surface area (Å²) in [6.45, 7) is 1.74. The van der Waals surface area contributed by atoms with E-state index in [1.165, 1.54) is 5.56 Å². The Morgan fingerprint density at radius 2 is 2.50 bits per heavy atom. The highest BCUT2D eigenvalue weighted by Crippen LogP contribution is 1.97. The van der Waals surface area contributed by atoms with Crippen molar-refractivity contribution in [1.82, 2.24) is 5.32 Å². The topological polar surface area (TPSA) is 32.3 Å². The number of hydrogen-bond donors (Lipinski definition) is 2. The Morgan fingerprint density at radius 3 is 3.10 bits per heavy atom. The van der Waals surface area contributed by atoms with Crippen molar-refractivity contribution in [3.8, 4) is 0 Å². The van der Waals surface area contributed by atoms with Crippen molar-refractivity contribution >= 4 is 0 Å². The Balaban J connectivity index is 2.15. The minimum absolute atomic E-state index is 0.209. The molecule has 10 heavy (non-hydrogen) atoms. The summed E-state index contributed by atoms with van der Waals surface area (Å²) in [5.41, 5.74) is 1.27. The lowest BCUT2D eigenvalue weighted by atomic mass is 10.3. The van der Waals surface area contributed by atoms with Crippen molar-refractivity contribution < 1.29 is 5.11 Å². The number of aliphatic hydroxyl groups excluding tert-OH is 1. The van der Waals surface area contributed by atoms with E-state index in [4.69, 9.17) is 5.11 Å². The summed E-state index contributed by atoms with van der Waals surface area (Å²) in [4.78, 5) is 0. The van der Waals surface area contributed by atoms with Crippen LogP contribution in [0.25, 0.3) is 0 Å². The number of nitrogens with one attached hydrogen (secondary N) is 1. The van der Waals surface area contributed by atoms with Gasteiger partial charge in [0.05, 0.1) is 6.61 Å². The first-order valence-electron chi connectivity index (χ1n) is 3.45. The fourth-order valence-corrected chi connectivity index (χ4v) is 0.843. The van der Waals surface area contributed by atoms with Crippen molar-refractivity contribution in [2.45, 2.75) is 6.54 Å². The maximum atomic E-state index is 8.43. The molecule has 2 N–H and O–H groups in total. The van der Waals surface area contributed by atoms with Gasteiger partial charge >= 0.3 is 0 Å². The fourth-order valence-electron chi connectivity index (χ4n) is 0.843. The fraction of sp³-hybridized carbons (Fsp3) is 0.375. The summed E-state index contributed by atoms with van der Waals surface area (Å²) in [6, 6.07) is 8.14. The first kappa shape index (κ1) is 7.38. The highest BCUT2D eigenvalue weighted by molar-refractivity contribution is 5.15. The van der Waals surface area contributed by atoms with E-state index in [1.807, 2.05) is 12.1 Å². The minimum atomic E-state index is 0.209. The van der Waals surface area contributed by atoms with E-state index in [2.05, 4.69) is 17.4 Å². The maximum Gasteiger partial charge on any atom is 0.0555 e. The molecule has 0 fully saturated rings. The Hall–Kier alpha value is -0.730. The Kier molecular flexibility index (Phi) is 3.06.